The number of unbranched alkanes of at least 4 members (excludes halogenated alkanes) is 11. The smallest absolute Gasteiger partial charge is 0.748 e. The molecule has 0 aliphatic rings. The molecule has 0 aromatic rings. The molecule has 0 saturated carbocycles. The van der Waals surface area contributed by atoms with Crippen molar-refractivity contribution in [3.8, 4) is 0 Å². The van der Waals surface area contributed by atoms with Crippen LogP contribution in [0.15, 0.2) is 0 Å². The summed E-state index contributed by atoms with van der Waals surface area (Å²) in [4.78, 5) is 0. The van der Waals surface area contributed by atoms with Crippen LogP contribution in [0.4, 0.5) is 0 Å². The molecule has 0 saturated heterocycles. The van der Waals surface area contributed by atoms with Crippen LogP contribution in [0.2, 0.25) is 0 Å². The van der Waals surface area contributed by atoms with E-state index >= 15 is 0 Å². The molecule has 24 heavy (non-hydrogen) atoms. The fourth-order valence-electron chi connectivity index (χ4n) is 2.65. The molecule has 140 valence electrons. The van der Waals surface area contributed by atoms with Crippen molar-refractivity contribution in [2.45, 2.75) is 90.1 Å². The Bertz CT molecular complexity index is 352. The Morgan fingerprint density at radius 2 is 1.29 bits per heavy atom. The summed E-state index contributed by atoms with van der Waals surface area (Å²) < 4.78 is 31.3. The van der Waals surface area contributed by atoms with E-state index < -0.39 is 22.0 Å². The molecule has 0 aromatic carbocycles. The monoisotopic (exact) mass is 373 g/mol. The molecule has 0 amide bonds. The van der Waals surface area contributed by atoms with Gasteiger partial charge >= 0.3 is 29.6 Å². The SMILES string of the molecule is CCCCCCCCCCCCCCNCC(O)CS(=O)(=O)[O-].[Na+]. The number of aliphatic hydroxyl groups is 1. The van der Waals surface area contributed by atoms with Crippen LogP contribution >= 0.6 is 0 Å². The molecule has 7 heteroatoms. The molecule has 0 radical (unpaired) electrons. The Hall–Kier alpha value is 0.830. The summed E-state index contributed by atoms with van der Waals surface area (Å²) in [6, 6.07) is 0. The van der Waals surface area contributed by atoms with Crippen LogP contribution in [0.1, 0.15) is 84.0 Å². The maximum absolute atomic E-state index is 10.4. The number of nitrogens with one attached hydrogen (secondary N) is 1. The molecule has 0 spiro atoms. The van der Waals surface area contributed by atoms with Gasteiger partial charge in [-0.05, 0) is 13.0 Å². The molecule has 1 atom stereocenters. The van der Waals surface area contributed by atoms with Gasteiger partial charge in [-0.15, -0.1) is 0 Å². The van der Waals surface area contributed by atoms with E-state index in [4.69, 9.17) is 0 Å². The second kappa shape index (κ2) is 18.6. The molecule has 0 aliphatic carbocycles. The minimum atomic E-state index is -4.33. The van der Waals surface area contributed by atoms with E-state index in [1.165, 1.54) is 64.2 Å². The first-order valence-electron chi connectivity index (χ1n) is 9.28. The normalized spacial score (nSPS) is 12.8. The van der Waals surface area contributed by atoms with Gasteiger partial charge in [0.25, 0.3) is 0 Å². The Balaban J connectivity index is 0. The fraction of sp³-hybridized carbons (Fsp3) is 1.00. The van der Waals surface area contributed by atoms with Crippen molar-refractivity contribution in [1.82, 2.24) is 5.32 Å². The van der Waals surface area contributed by atoms with Crippen LogP contribution in [0.3, 0.4) is 0 Å². The van der Waals surface area contributed by atoms with Crippen molar-refractivity contribution in [3.05, 3.63) is 0 Å². The number of aliphatic hydroxyl groups excluding tert-OH is 1. The van der Waals surface area contributed by atoms with Gasteiger partial charge in [0.1, 0.15) is 0 Å². The van der Waals surface area contributed by atoms with Gasteiger partial charge in [-0.2, -0.15) is 0 Å². The van der Waals surface area contributed by atoms with Crippen molar-refractivity contribution in [1.29, 1.82) is 0 Å². The summed E-state index contributed by atoms with van der Waals surface area (Å²) in [5.41, 5.74) is 0. The summed E-state index contributed by atoms with van der Waals surface area (Å²) in [5, 5.41) is 12.3. The van der Waals surface area contributed by atoms with Crippen molar-refractivity contribution in [2.75, 3.05) is 18.8 Å². The third-order valence-corrected chi connectivity index (χ3v) is 4.78. The third kappa shape index (κ3) is 22.8. The molecule has 0 fully saturated rings. The van der Waals surface area contributed by atoms with Crippen molar-refractivity contribution >= 4 is 10.1 Å². The Labute approximate surface area is 171 Å². The van der Waals surface area contributed by atoms with Crippen molar-refractivity contribution < 1.29 is 47.6 Å². The minimum Gasteiger partial charge on any atom is -0.748 e. The predicted molar refractivity (Wildman–Crippen MR) is 94.5 cm³/mol. The summed E-state index contributed by atoms with van der Waals surface area (Å²) in [6.07, 6.45) is 14.5. The van der Waals surface area contributed by atoms with Gasteiger partial charge < -0.3 is 15.0 Å². The zero-order chi connectivity index (χ0) is 17.4. The molecule has 0 rings (SSSR count). The number of rotatable bonds is 17. The average Bonchev–Trinajstić information content (AvgIpc) is 2.46. The van der Waals surface area contributed by atoms with Crippen LogP contribution in [-0.4, -0.2) is 43.0 Å². The van der Waals surface area contributed by atoms with E-state index in [1.807, 2.05) is 0 Å². The van der Waals surface area contributed by atoms with Gasteiger partial charge in [-0.1, -0.05) is 77.6 Å². The van der Waals surface area contributed by atoms with Crippen LogP contribution < -0.4 is 34.9 Å². The summed E-state index contributed by atoms with van der Waals surface area (Å²) in [5.74, 6) is -0.710. The third-order valence-electron chi connectivity index (χ3n) is 3.98. The van der Waals surface area contributed by atoms with Gasteiger partial charge in [0.15, 0.2) is 0 Å². The second-order valence-corrected chi connectivity index (χ2v) is 7.92. The van der Waals surface area contributed by atoms with Crippen LogP contribution in [0.25, 0.3) is 0 Å². The van der Waals surface area contributed by atoms with E-state index in [0.717, 1.165) is 19.4 Å². The maximum atomic E-state index is 10.4. The zero-order valence-electron chi connectivity index (χ0n) is 15.8. The summed E-state index contributed by atoms with van der Waals surface area (Å²) >= 11 is 0. The largest absolute Gasteiger partial charge is 1.00 e. The van der Waals surface area contributed by atoms with Crippen LogP contribution in [0, 0.1) is 0 Å². The van der Waals surface area contributed by atoms with Gasteiger partial charge in [-0.25, -0.2) is 8.42 Å². The molecule has 2 N–H and O–H groups in total. The van der Waals surface area contributed by atoms with Crippen molar-refractivity contribution in [3.63, 3.8) is 0 Å². The molecular weight excluding hydrogens is 337 g/mol. The Kier molecular flexibility index (Phi) is 21.0. The van der Waals surface area contributed by atoms with E-state index in [0.29, 0.717) is 0 Å². The molecule has 1 unspecified atom stereocenters. The van der Waals surface area contributed by atoms with E-state index in [2.05, 4.69) is 12.2 Å². The summed E-state index contributed by atoms with van der Waals surface area (Å²) in [7, 11) is -4.33. The number of hydrogen-bond acceptors (Lipinski definition) is 5. The molecular formula is C17H36NNaO4S. The molecule has 5 nitrogen and oxygen atoms in total. The van der Waals surface area contributed by atoms with Crippen molar-refractivity contribution in [2.24, 2.45) is 0 Å². The Morgan fingerprint density at radius 3 is 1.71 bits per heavy atom. The first-order valence-corrected chi connectivity index (χ1v) is 10.9. The molecule has 0 aromatic heterocycles. The van der Waals surface area contributed by atoms with E-state index in [1.54, 1.807) is 0 Å². The molecule has 0 aliphatic heterocycles. The standard InChI is InChI=1S/C17H37NO4S.Na/c1-2-3-4-5-6-7-8-9-10-11-12-13-14-18-15-17(19)16-23(20,21)22;/h17-19H,2-16H2,1H3,(H,20,21,22);/q;+1/p-1. The Morgan fingerprint density at radius 1 is 0.875 bits per heavy atom. The predicted octanol–water partition coefficient (Wildman–Crippen LogP) is 0.187. The maximum Gasteiger partial charge on any atom is 1.00 e. The average molecular weight is 374 g/mol. The van der Waals surface area contributed by atoms with E-state index in [-0.39, 0.29) is 36.1 Å². The van der Waals surface area contributed by atoms with Gasteiger partial charge in [-0.3, -0.25) is 0 Å². The second-order valence-electron chi connectivity index (χ2n) is 6.47. The van der Waals surface area contributed by atoms with Gasteiger partial charge in [0.05, 0.1) is 22.0 Å². The molecule has 0 bridgehead atoms. The summed E-state index contributed by atoms with van der Waals surface area (Å²) in [6.45, 7) is 3.17. The van der Waals surface area contributed by atoms with Crippen LogP contribution in [-0.2, 0) is 10.1 Å². The quantitative estimate of drug-likeness (QED) is 0.216. The van der Waals surface area contributed by atoms with Gasteiger partial charge in [0, 0.05) is 6.54 Å². The van der Waals surface area contributed by atoms with Gasteiger partial charge in [0.2, 0.25) is 0 Å². The van der Waals surface area contributed by atoms with Crippen LogP contribution in [0.5, 0.6) is 0 Å². The first-order chi connectivity index (χ1) is 11.0. The molecule has 0 heterocycles. The minimum absolute atomic E-state index is 0. The fourth-order valence-corrected chi connectivity index (χ4v) is 3.24. The zero-order valence-corrected chi connectivity index (χ0v) is 18.6. The first kappa shape index (κ1) is 27.1. The number of hydrogen-bond donors (Lipinski definition) is 2. The van der Waals surface area contributed by atoms with E-state index in [9.17, 15) is 18.1 Å². The topological polar surface area (TPSA) is 89.5 Å².